The summed E-state index contributed by atoms with van der Waals surface area (Å²) in [5, 5.41) is 2.62. The van der Waals surface area contributed by atoms with Crippen molar-refractivity contribution in [2.75, 3.05) is 44.8 Å². The van der Waals surface area contributed by atoms with Gasteiger partial charge in [-0.15, -0.1) is 0 Å². The molecule has 168 valence electrons. The minimum Gasteiger partial charge on any atom is -0.492 e. The van der Waals surface area contributed by atoms with E-state index in [2.05, 4.69) is 10.2 Å². The summed E-state index contributed by atoms with van der Waals surface area (Å²) < 4.78 is 56.5. The molecule has 0 unspecified atom stereocenters. The van der Waals surface area contributed by atoms with E-state index >= 15 is 0 Å². The summed E-state index contributed by atoms with van der Waals surface area (Å²) in [6, 6.07) is 8.63. The van der Waals surface area contributed by atoms with Crippen LogP contribution in [0.15, 0.2) is 36.4 Å². The molecule has 2 aromatic rings. The maximum absolute atomic E-state index is 13.2. The Bertz CT molecular complexity index is 1090. The van der Waals surface area contributed by atoms with Crippen LogP contribution in [-0.2, 0) is 27.1 Å². The first kappa shape index (κ1) is 20.8. The van der Waals surface area contributed by atoms with Crippen LogP contribution in [-0.4, -0.2) is 50.3 Å². The van der Waals surface area contributed by atoms with Gasteiger partial charge in [0.25, 0.3) is 5.91 Å². The number of nitrogens with zero attached hydrogens (tertiary/aromatic N) is 1. The van der Waals surface area contributed by atoms with Crippen LogP contribution < -0.4 is 10.1 Å². The van der Waals surface area contributed by atoms with E-state index in [1.807, 2.05) is 6.07 Å². The second kappa shape index (κ2) is 8.14. The number of hydrogen-bond donors (Lipinski definition) is 1. The molecule has 0 atom stereocenters. The predicted molar refractivity (Wildman–Crippen MR) is 111 cm³/mol. The number of rotatable bonds is 4. The molecule has 1 N–H and O–H groups in total. The van der Waals surface area contributed by atoms with Crippen molar-refractivity contribution < 1.29 is 32.2 Å². The Balaban J connectivity index is 1.38. The first-order valence-electron chi connectivity index (χ1n) is 10.4. The lowest BCUT2D eigenvalue weighted by Gasteiger charge is -2.26. The maximum atomic E-state index is 13.2. The molecule has 3 aliphatic heterocycles. The van der Waals surface area contributed by atoms with Crippen LogP contribution in [0.25, 0.3) is 11.3 Å². The minimum absolute atomic E-state index is 0.117. The van der Waals surface area contributed by atoms with Gasteiger partial charge >= 0.3 is 6.18 Å². The summed E-state index contributed by atoms with van der Waals surface area (Å²) in [4.78, 5) is 14.9. The van der Waals surface area contributed by atoms with E-state index in [0.29, 0.717) is 23.6 Å². The number of nitrogens with one attached hydrogen (secondary N) is 1. The first-order chi connectivity index (χ1) is 15.4. The van der Waals surface area contributed by atoms with Crippen molar-refractivity contribution in [2.24, 2.45) is 0 Å². The summed E-state index contributed by atoms with van der Waals surface area (Å²) in [5.74, 6) is 0.492. The molecule has 9 heteroatoms. The number of halogens is 3. The average Bonchev–Trinajstić information content (AvgIpc) is 3.32. The molecule has 0 aromatic heterocycles. The molecular formula is C23H21F3N2O4. The van der Waals surface area contributed by atoms with Gasteiger partial charge in [-0.05, 0) is 36.4 Å². The summed E-state index contributed by atoms with van der Waals surface area (Å²) in [6.45, 7) is 4.78. The number of alkyl halides is 3. The number of carbonyl (C=O) groups excluding carboxylic acids is 1. The molecule has 2 aromatic carbocycles. The number of amides is 1. The second-order valence-corrected chi connectivity index (χ2v) is 7.83. The highest BCUT2D eigenvalue weighted by Gasteiger charge is 2.36. The van der Waals surface area contributed by atoms with Gasteiger partial charge in [0.15, 0.2) is 0 Å². The molecule has 0 bridgehead atoms. The molecule has 6 nitrogen and oxygen atoms in total. The van der Waals surface area contributed by atoms with Crippen LogP contribution >= 0.6 is 0 Å². The van der Waals surface area contributed by atoms with Crippen LogP contribution in [0.1, 0.15) is 22.3 Å². The quantitative estimate of drug-likeness (QED) is 0.725. The molecule has 3 heterocycles. The molecule has 1 fully saturated rings. The zero-order valence-corrected chi connectivity index (χ0v) is 17.1. The van der Waals surface area contributed by atoms with Crippen LogP contribution in [0.2, 0.25) is 0 Å². The van der Waals surface area contributed by atoms with E-state index in [1.54, 1.807) is 12.1 Å². The Hall–Kier alpha value is -3.04. The highest BCUT2D eigenvalue weighted by molar-refractivity contribution is 6.36. The summed E-state index contributed by atoms with van der Waals surface area (Å²) in [6.07, 6.45) is -4.50. The molecule has 32 heavy (non-hydrogen) atoms. The molecule has 0 saturated carbocycles. The van der Waals surface area contributed by atoms with Gasteiger partial charge in [-0.3, -0.25) is 9.69 Å². The van der Waals surface area contributed by atoms with Crippen LogP contribution in [0.3, 0.4) is 0 Å². The number of carbonyl (C=O) groups is 1. The topological polar surface area (TPSA) is 60.0 Å². The van der Waals surface area contributed by atoms with Crippen molar-refractivity contribution in [3.63, 3.8) is 0 Å². The van der Waals surface area contributed by atoms with Crippen LogP contribution in [0.5, 0.6) is 5.75 Å². The third kappa shape index (κ3) is 3.93. The number of anilines is 1. The Labute approximate surface area is 182 Å². The zero-order valence-electron chi connectivity index (χ0n) is 17.1. The van der Waals surface area contributed by atoms with Crippen molar-refractivity contribution in [1.29, 1.82) is 0 Å². The Morgan fingerprint density at radius 3 is 2.66 bits per heavy atom. The van der Waals surface area contributed by atoms with Gasteiger partial charge in [-0.25, -0.2) is 0 Å². The molecule has 5 rings (SSSR count). The van der Waals surface area contributed by atoms with E-state index in [9.17, 15) is 18.0 Å². The molecule has 0 radical (unpaired) electrons. The van der Waals surface area contributed by atoms with Crippen LogP contribution in [0, 0.1) is 0 Å². The smallest absolute Gasteiger partial charge is 0.416 e. The van der Waals surface area contributed by atoms with E-state index in [-0.39, 0.29) is 23.5 Å². The van der Waals surface area contributed by atoms with E-state index in [0.717, 1.165) is 50.5 Å². The first-order valence-corrected chi connectivity index (χ1v) is 10.4. The van der Waals surface area contributed by atoms with Gasteiger partial charge in [0, 0.05) is 42.0 Å². The Kier molecular flexibility index (Phi) is 5.30. The SMILES string of the molecule is O=C1Nc2ccc(C(F)(F)F)cc2/C1=C1\OCc2cc(OCCN3CCOCC3)ccc21. The van der Waals surface area contributed by atoms with E-state index in [1.165, 1.54) is 6.07 Å². The third-order valence-corrected chi connectivity index (χ3v) is 5.79. The van der Waals surface area contributed by atoms with Gasteiger partial charge in [0.05, 0.1) is 24.4 Å². The molecule has 1 saturated heterocycles. The molecule has 0 aliphatic carbocycles. The van der Waals surface area contributed by atoms with Crippen molar-refractivity contribution >= 4 is 22.9 Å². The van der Waals surface area contributed by atoms with Gasteiger partial charge < -0.3 is 19.5 Å². The fourth-order valence-electron chi connectivity index (χ4n) is 4.12. The van der Waals surface area contributed by atoms with Gasteiger partial charge in [0.2, 0.25) is 0 Å². The third-order valence-electron chi connectivity index (χ3n) is 5.79. The molecule has 3 aliphatic rings. The summed E-state index contributed by atoms with van der Waals surface area (Å²) in [7, 11) is 0. The minimum atomic E-state index is -4.50. The highest BCUT2D eigenvalue weighted by atomic mass is 19.4. The average molecular weight is 446 g/mol. The van der Waals surface area contributed by atoms with Crippen molar-refractivity contribution in [3.05, 3.63) is 58.7 Å². The monoisotopic (exact) mass is 446 g/mol. The molecule has 0 spiro atoms. The second-order valence-electron chi connectivity index (χ2n) is 7.83. The fourth-order valence-corrected chi connectivity index (χ4v) is 4.12. The number of fused-ring (bicyclic) bond motifs is 2. The molecule has 1 amide bonds. The number of hydrogen-bond acceptors (Lipinski definition) is 5. The standard InChI is InChI=1S/C23H21F3N2O4/c24-23(25,26)15-1-4-19-18(12-15)20(22(29)27-19)21-17-3-2-16(11-14(17)13-32-21)31-10-7-28-5-8-30-9-6-28/h1-4,11-12H,5-10,13H2,(H,27,29)/b21-20+. The lowest BCUT2D eigenvalue weighted by molar-refractivity contribution is -0.137. The van der Waals surface area contributed by atoms with Gasteiger partial charge in [-0.1, -0.05) is 0 Å². The number of ether oxygens (including phenoxy) is 3. The largest absolute Gasteiger partial charge is 0.492 e. The lowest BCUT2D eigenvalue weighted by atomic mass is 9.99. The van der Waals surface area contributed by atoms with Crippen molar-refractivity contribution in [3.8, 4) is 5.75 Å². The Morgan fingerprint density at radius 1 is 1.06 bits per heavy atom. The van der Waals surface area contributed by atoms with Gasteiger partial charge in [-0.2, -0.15) is 13.2 Å². The van der Waals surface area contributed by atoms with E-state index < -0.39 is 17.6 Å². The predicted octanol–water partition coefficient (Wildman–Crippen LogP) is 3.77. The van der Waals surface area contributed by atoms with Crippen molar-refractivity contribution in [1.82, 2.24) is 4.90 Å². The molecular weight excluding hydrogens is 425 g/mol. The summed E-state index contributed by atoms with van der Waals surface area (Å²) in [5.41, 5.74) is 1.34. The normalized spacial score (nSPS) is 20.5. The summed E-state index contributed by atoms with van der Waals surface area (Å²) >= 11 is 0. The highest BCUT2D eigenvalue weighted by Crippen LogP contribution is 2.44. The Morgan fingerprint density at radius 2 is 1.88 bits per heavy atom. The maximum Gasteiger partial charge on any atom is 0.416 e. The zero-order chi connectivity index (χ0) is 22.3. The fraction of sp³-hybridized carbons (Fsp3) is 0.348. The van der Waals surface area contributed by atoms with Crippen molar-refractivity contribution in [2.45, 2.75) is 12.8 Å². The number of benzene rings is 2. The number of morpholine rings is 1. The lowest BCUT2D eigenvalue weighted by Crippen LogP contribution is -2.38. The van der Waals surface area contributed by atoms with Gasteiger partial charge in [0.1, 0.15) is 24.7 Å². The van der Waals surface area contributed by atoms with Crippen LogP contribution in [0.4, 0.5) is 18.9 Å². The van der Waals surface area contributed by atoms with E-state index in [4.69, 9.17) is 14.2 Å².